The van der Waals surface area contributed by atoms with Crippen LogP contribution < -0.4 is 0 Å². The topological polar surface area (TPSA) is 20.3 Å². The Morgan fingerprint density at radius 1 is 1.50 bits per heavy atom. The molecule has 0 unspecified atom stereocenters. The molecule has 1 rings (SSSR count). The maximum Gasteiger partial charge on any atom is 0.121 e. The number of rotatable bonds is 5. The lowest BCUT2D eigenvalue weighted by molar-refractivity contribution is -0.109. The highest BCUT2D eigenvalue weighted by molar-refractivity contribution is 14.1. The average molecular weight is 335 g/mol. The molecule has 2 nitrogen and oxygen atoms in total. The highest BCUT2D eigenvalue weighted by Gasteiger charge is 2.21. The van der Waals surface area contributed by atoms with Gasteiger partial charge in [-0.15, -0.1) is 0 Å². The van der Waals surface area contributed by atoms with Crippen LogP contribution in [0.5, 0.6) is 0 Å². The lowest BCUT2D eigenvalue weighted by Gasteiger charge is -2.34. The third-order valence-corrected chi connectivity index (χ3v) is 3.69. The molecule has 0 N–H and O–H groups in total. The van der Waals surface area contributed by atoms with E-state index < -0.39 is 0 Å². The summed E-state index contributed by atoms with van der Waals surface area (Å²) in [5.74, 6) is 0.612. The van der Waals surface area contributed by atoms with Gasteiger partial charge in [0.25, 0.3) is 0 Å². The highest BCUT2D eigenvalue weighted by Crippen LogP contribution is 2.22. The van der Waals surface area contributed by atoms with Gasteiger partial charge in [-0.3, -0.25) is 4.90 Å². The van der Waals surface area contributed by atoms with Crippen LogP contribution in [0.1, 0.15) is 39.5 Å². The molecule has 0 aromatic rings. The van der Waals surface area contributed by atoms with Crippen molar-refractivity contribution in [3.8, 4) is 0 Å². The zero-order chi connectivity index (χ0) is 12.0. The van der Waals surface area contributed by atoms with E-state index in [-0.39, 0.29) is 0 Å². The van der Waals surface area contributed by atoms with Gasteiger partial charge in [-0.2, -0.15) is 0 Å². The molecule has 1 aliphatic heterocycles. The number of piperidine rings is 1. The van der Waals surface area contributed by atoms with Crippen LogP contribution in [-0.4, -0.2) is 30.3 Å². The van der Waals surface area contributed by atoms with E-state index >= 15 is 0 Å². The first-order chi connectivity index (χ1) is 7.63. The Bertz CT molecular complexity index is 250. The Balaban J connectivity index is 2.51. The standard InChI is InChI=1S/C13H22INO/c1-11(2)9-12(14)10-15-7-4-3-5-13(15)6-8-16/h8-9,11,13H,3-7,10H2,1-2H3/b12-9+/t13-/m0/s1. The summed E-state index contributed by atoms with van der Waals surface area (Å²) >= 11 is 2.43. The van der Waals surface area contributed by atoms with E-state index in [1.54, 1.807) is 0 Å². The van der Waals surface area contributed by atoms with Crippen molar-refractivity contribution in [3.63, 3.8) is 0 Å². The van der Waals surface area contributed by atoms with E-state index in [2.05, 4.69) is 47.4 Å². The first-order valence-corrected chi connectivity index (χ1v) is 7.25. The predicted molar refractivity (Wildman–Crippen MR) is 76.8 cm³/mol. The molecule has 0 aliphatic carbocycles. The molecule has 3 heteroatoms. The van der Waals surface area contributed by atoms with E-state index in [0.717, 1.165) is 19.4 Å². The van der Waals surface area contributed by atoms with Gasteiger partial charge in [-0.05, 0) is 47.9 Å². The Morgan fingerprint density at radius 2 is 2.25 bits per heavy atom. The minimum absolute atomic E-state index is 0.483. The molecule has 0 aromatic heterocycles. The van der Waals surface area contributed by atoms with Crippen LogP contribution in [0.15, 0.2) is 9.66 Å². The van der Waals surface area contributed by atoms with Crippen molar-refractivity contribution in [1.29, 1.82) is 0 Å². The normalized spacial score (nSPS) is 23.8. The number of halogens is 1. The van der Waals surface area contributed by atoms with E-state index in [4.69, 9.17) is 0 Å². The van der Waals surface area contributed by atoms with Crippen LogP contribution in [0.25, 0.3) is 0 Å². The van der Waals surface area contributed by atoms with Crippen molar-refractivity contribution < 1.29 is 4.79 Å². The highest BCUT2D eigenvalue weighted by atomic mass is 127. The van der Waals surface area contributed by atoms with Gasteiger partial charge in [-0.1, -0.05) is 26.3 Å². The summed E-state index contributed by atoms with van der Waals surface area (Å²) in [6, 6.07) is 0.483. The van der Waals surface area contributed by atoms with Gasteiger partial charge in [0.1, 0.15) is 6.29 Å². The second-order valence-corrected chi connectivity index (χ2v) is 6.27. The second-order valence-electron chi connectivity index (χ2n) is 4.88. The summed E-state index contributed by atoms with van der Waals surface area (Å²) < 4.78 is 1.41. The van der Waals surface area contributed by atoms with E-state index in [0.29, 0.717) is 18.4 Å². The number of allylic oxidation sites excluding steroid dienone is 1. The van der Waals surface area contributed by atoms with Crippen molar-refractivity contribution >= 4 is 28.9 Å². The number of carbonyl (C=O) groups is 1. The quantitative estimate of drug-likeness (QED) is 0.567. The second kappa shape index (κ2) is 7.43. The maximum absolute atomic E-state index is 10.6. The molecule has 1 heterocycles. The molecule has 0 amide bonds. The van der Waals surface area contributed by atoms with E-state index in [9.17, 15) is 4.79 Å². The Labute approximate surface area is 113 Å². The van der Waals surface area contributed by atoms with Gasteiger partial charge < -0.3 is 4.79 Å². The molecule has 1 saturated heterocycles. The van der Waals surface area contributed by atoms with Crippen molar-refractivity contribution in [1.82, 2.24) is 4.90 Å². The number of aldehydes is 1. The molecule has 1 aliphatic rings. The lowest BCUT2D eigenvalue weighted by atomic mass is 10.00. The van der Waals surface area contributed by atoms with Gasteiger partial charge in [0.05, 0.1) is 0 Å². The summed E-state index contributed by atoms with van der Waals surface area (Å²) in [5, 5.41) is 0. The molecule has 0 spiro atoms. The molecule has 16 heavy (non-hydrogen) atoms. The SMILES string of the molecule is CC(C)/C=C(/I)CN1CCCC[C@H]1CC=O. The van der Waals surface area contributed by atoms with Gasteiger partial charge in [-0.25, -0.2) is 0 Å². The zero-order valence-electron chi connectivity index (χ0n) is 10.3. The van der Waals surface area contributed by atoms with Crippen molar-refractivity contribution in [2.24, 2.45) is 5.92 Å². The summed E-state index contributed by atoms with van der Waals surface area (Å²) in [4.78, 5) is 13.1. The van der Waals surface area contributed by atoms with Crippen LogP contribution in [0.3, 0.4) is 0 Å². The van der Waals surface area contributed by atoms with Gasteiger partial charge in [0.2, 0.25) is 0 Å². The fraction of sp³-hybridized carbons (Fsp3) is 0.769. The largest absolute Gasteiger partial charge is 0.303 e. The molecule has 0 bridgehead atoms. The van der Waals surface area contributed by atoms with Gasteiger partial charge in [0.15, 0.2) is 0 Å². The molecule has 1 atom stereocenters. The first-order valence-electron chi connectivity index (χ1n) is 6.17. The van der Waals surface area contributed by atoms with Crippen molar-refractivity contribution in [2.45, 2.75) is 45.6 Å². The van der Waals surface area contributed by atoms with Gasteiger partial charge in [0, 0.05) is 22.6 Å². The van der Waals surface area contributed by atoms with Crippen LogP contribution in [0.4, 0.5) is 0 Å². The molecule has 0 saturated carbocycles. The number of hydrogen-bond donors (Lipinski definition) is 0. The summed E-state index contributed by atoms with van der Waals surface area (Å²) in [6.07, 6.45) is 7.82. The van der Waals surface area contributed by atoms with Crippen molar-refractivity contribution in [3.05, 3.63) is 9.66 Å². The van der Waals surface area contributed by atoms with Crippen LogP contribution in [0.2, 0.25) is 0 Å². The number of nitrogens with zero attached hydrogens (tertiary/aromatic N) is 1. The van der Waals surface area contributed by atoms with E-state index in [1.807, 2.05) is 0 Å². The van der Waals surface area contributed by atoms with Crippen molar-refractivity contribution in [2.75, 3.05) is 13.1 Å². The molecule has 0 aromatic carbocycles. The molecule has 1 fully saturated rings. The van der Waals surface area contributed by atoms with Gasteiger partial charge >= 0.3 is 0 Å². The number of carbonyl (C=O) groups excluding carboxylic acids is 1. The number of likely N-dealkylation sites (tertiary alicyclic amines) is 1. The number of hydrogen-bond acceptors (Lipinski definition) is 2. The molecule has 92 valence electrons. The fourth-order valence-corrected chi connectivity index (χ4v) is 3.41. The third-order valence-electron chi connectivity index (χ3n) is 2.99. The minimum Gasteiger partial charge on any atom is -0.303 e. The maximum atomic E-state index is 10.6. The molecule has 0 radical (unpaired) electrons. The lowest BCUT2D eigenvalue weighted by Crippen LogP contribution is -2.40. The van der Waals surface area contributed by atoms with Crippen LogP contribution in [0, 0.1) is 5.92 Å². The Morgan fingerprint density at radius 3 is 2.88 bits per heavy atom. The predicted octanol–water partition coefficient (Wildman–Crippen LogP) is 3.40. The monoisotopic (exact) mass is 335 g/mol. The molecular formula is C13H22INO. The zero-order valence-corrected chi connectivity index (χ0v) is 12.4. The Hall–Kier alpha value is 0.100. The van der Waals surface area contributed by atoms with Crippen LogP contribution >= 0.6 is 22.6 Å². The van der Waals surface area contributed by atoms with Crippen LogP contribution in [-0.2, 0) is 4.79 Å². The summed E-state index contributed by atoms with van der Waals surface area (Å²) in [5.41, 5.74) is 0. The summed E-state index contributed by atoms with van der Waals surface area (Å²) in [6.45, 7) is 6.59. The average Bonchev–Trinajstić information content (AvgIpc) is 2.20. The summed E-state index contributed by atoms with van der Waals surface area (Å²) in [7, 11) is 0. The minimum atomic E-state index is 0.483. The first kappa shape index (κ1) is 14.2. The van der Waals surface area contributed by atoms with E-state index in [1.165, 1.54) is 22.8 Å². The fourth-order valence-electron chi connectivity index (χ4n) is 2.25. The third kappa shape index (κ3) is 4.95. The smallest absolute Gasteiger partial charge is 0.121 e. The molecular weight excluding hydrogens is 313 g/mol. The Kier molecular flexibility index (Phi) is 6.58.